The van der Waals surface area contributed by atoms with Crippen molar-refractivity contribution < 1.29 is 14.3 Å². The molecule has 0 radical (unpaired) electrons. The van der Waals surface area contributed by atoms with Crippen LogP contribution in [-0.2, 0) is 9.59 Å². The number of rotatable bonds is 3. The minimum Gasteiger partial charge on any atom is -0.495 e. The Balaban J connectivity index is 2.10. The lowest BCUT2D eigenvalue weighted by atomic mass is 10.2. The van der Waals surface area contributed by atoms with E-state index in [-0.39, 0.29) is 11.8 Å². The molecule has 1 unspecified atom stereocenters. The summed E-state index contributed by atoms with van der Waals surface area (Å²) >= 11 is 7.49. The van der Waals surface area contributed by atoms with Crippen molar-refractivity contribution in [2.45, 2.75) is 12.5 Å². The fourth-order valence-corrected chi connectivity index (χ4v) is 2.95. The van der Waals surface area contributed by atoms with Crippen molar-refractivity contribution in [1.29, 1.82) is 0 Å². The number of hydrogen-bond donors (Lipinski definition) is 2. The number of carbonyl (C=O) groups excluding carboxylic acids is 2. The molecule has 1 aliphatic rings. The average Bonchev–Trinajstić information content (AvgIpc) is 2.64. The summed E-state index contributed by atoms with van der Waals surface area (Å²) < 4.78 is 5.17. The zero-order valence-electron chi connectivity index (χ0n) is 10.9. The van der Waals surface area contributed by atoms with E-state index in [9.17, 15) is 9.59 Å². The van der Waals surface area contributed by atoms with Gasteiger partial charge < -0.3 is 15.4 Å². The molecule has 1 fully saturated rings. The first-order chi connectivity index (χ1) is 9.60. The van der Waals surface area contributed by atoms with E-state index < -0.39 is 6.04 Å². The SMILES string of the molecule is COc1ccc(Cl)cc1NC(=O)C1CSCCC(=O)N1. The van der Waals surface area contributed by atoms with Crippen molar-refractivity contribution >= 4 is 40.9 Å². The Hall–Kier alpha value is -1.40. The maximum absolute atomic E-state index is 12.2. The molecule has 2 amide bonds. The predicted octanol–water partition coefficient (Wildman–Crippen LogP) is 1.91. The number of carbonyl (C=O) groups is 2. The van der Waals surface area contributed by atoms with Crippen molar-refractivity contribution in [3.63, 3.8) is 0 Å². The fourth-order valence-electron chi connectivity index (χ4n) is 1.81. The first-order valence-corrected chi connectivity index (χ1v) is 7.65. The number of thioether (sulfide) groups is 1. The minimum absolute atomic E-state index is 0.104. The lowest BCUT2D eigenvalue weighted by Gasteiger charge is -2.16. The second kappa shape index (κ2) is 6.85. The molecule has 1 aromatic rings. The summed E-state index contributed by atoms with van der Waals surface area (Å²) in [5, 5.41) is 5.95. The Kier molecular flexibility index (Phi) is 5.14. The largest absolute Gasteiger partial charge is 0.495 e. The molecule has 108 valence electrons. The molecule has 20 heavy (non-hydrogen) atoms. The van der Waals surface area contributed by atoms with E-state index in [1.54, 1.807) is 30.0 Å². The minimum atomic E-state index is -0.543. The Morgan fingerprint density at radius 1 is 1.55 bits per heavy atom. The van der Waals surface area contributed by atoms with E-state index in [0.29, 0.717) is 28.6 Å². The molecular formula is C13H15ClN2O3S. The van der Waals surface area contributed by atoms with E-state index in [1.807, 2.05) is 0 Å². The molecule has 0 aromatic heterocycles. The summed E-state index contributed by atoms with van der Waals surface area (Å²) in [4.78, 5) is 23.7. The number of anilines is 1. The van der Waals surface area contributed by atoms with Gasteiger partial charge in [0.05, 0.1) is 12.8 Å². The number of nitrogens with one attached hydrogen (secondary N) is 2. The van der Waals surface area contributed by atoms with Crippen molar-refractivity contribution in [3.8, 4) is 5.75 Å². The van der Waals surface area contributed by atoms with Gasteiger partial charge >= 0.3 is 0 Å². The topological polar surface area (TPSA) is 67.4 Å². The highest BCUT2D eigenvalue weighted by atomic mass is 35.5. The van der Waals surface area contributed by atoms with Crippen LogP contribution < -0.4 is 15.4 Å². The molecular weight excluding hydrogens is 300 g/mol. The van der Waals surface area contributed by atoms with Gasteiger partial charge in [-0.1, -0.05) is 11.6 Å². The van der Waals surface area contributed by atoms with Gasteiger partial charge in [0.25, 0.3) is 0 Å². The third-order valence-electron chi connectivity index (χ3n) is 2.83. The van der Waals surface area contributed by atoms with Gasteiger partial charge in [-0.05, 0) is 18.2 Å². The van der Waals surface area contributed by atoms with Gasteiger partial charge in [-0.15, -0.1) is 0 Å². The van der Waals surface area contributed by atoms with Crippen molar-refractivity contribution in [2.24, 2.45) is 0 Å². The summed E-state index contributed by atoms with van der Waals surface area (Å²) in [6.45, 7) is 0. The summed E-state index contributed by atoms with van der Waals surface area (Å²) in [7, 11) is 1.52. The van der Waals surface area contributed by atoms with Crippen LogP contribution in [0.15, 0.2) is 18.2 Å². The molecule has 0 aliphatic carbocycles. The third-order valence-corrected chi connectivity index (χ3v) is 4.13. The van der Waals surface area contributed by atoms with E-state index in [1.165, 1.54) is 7.11 Å². The van der Waals surface area contributed by atoms with E-state index in [0.717, 1.165) is 5.75 Å². The van der Waals surface area contributed by atoms with Crippen LogP contribution >= 0.6 is 23.4 Å². The maximum atomic E-state index is 12.2. The monoisotopic (exact) mass is 314 g/mol. The molecule has 0 saturated carbocycles. The number of halogens is 1. The predicted molar refractivity (Wildman–Crippen MR) is 80.5 cm³/mol. The average molecular weight is 315 g/mol. The smallest absolute Gasteiger partial charge is 0.247 e. The molecule has 2 rings (SSSR count). The zero-order valence-corrected chi connectivity index (χ0v) is 12.5. The second-order valence-corrected chi connectivity index (χ2v) is 5.87. The normalized spacial score (nSPS) is 18.9. The van der Waals surface area contributed by atoms with Crippen LogP contribution in [0.2, 0.25) is 5.02 Å². The highest BCUT2D eigenvalue weighted by Gasteiger charge is 2.24. The Labute approximate surface area is 126 Å². The summed E-state index contributed by atoms with van der Waals surface area (Å²) in [6.07, 6.45) is 0.439. The number of benzene rings is 1. The first-order valence-electron chi connectivity index (χ1n) is 6.11. The van der Waals surface area contributed by atoms with Gasteiger partial charge in [-0.25, -0.2) is 0 Å². The van der Waals surface area contributed by atoms with E-state index >= 15 is 0 Å². The number of ether oxygens (including phenoxy) is 1. The lowest BCUT2D eigenvalue weighted by molar-refractivity contribution is -0.125. The van der Waals surface area contributed by atoms with Crippen LogP contribution in [0.1, 0.15) is 6.42 Å². The summed E-state index contributed by atoms with van der Waals surface area (Å²) in [6, 6.07) is 4.43. The molecule has 1 aromatic carbocycles. The van der Waals surface area contributed by atoms with Crippen molar-refractivity contribution in [1.82, 2.24) is 5.32 Å². The molecule has 2 N–H and O–H groups in total. The van der Waals surface area contributed by atoms with Crippen molar-refractivity contribution in [3.05, 3.63) is 23.2 Å². The number of hydrogen-bond acceptors (Lipinski definition) is 4. The molecule has 1 heterocycles. The van der Waals surface area contributed by atoms with Crippen LogP contribution in [0.3, 0.4) is 0 Å². The van der Waals surface area contributed by atoms with Gasteiger partial charge in [0.1, 0.15) is 11.8 Å². The zero-order chi connectivity index (χ0) is 14.5. The van der Waals surface area contributed by atoms with E-state index in [2.05, 4.69) is 10.6 Å². The van der Waals surface area contributed by atoms with Gasteiger partial charge in [0.15, 0.2) is 0 Å². The fraction of sp³-hybridized carbons (Fsp3) is 0.385. The van der Waals surface area contributed by atoms with Crippen LogP contribution in [0, 0.1) is 0 Å². The van der Waals surface area contributed by atoms with Gasteiger partial charge in [-0.3, -0.25) is 9.59 Å². The van der Waals surface area contributed by atoms with Gasteiger partial charge in [0.2, 0.25) is 11.8 Å². The molecule has 1 saturated heterocycles. The first kappa shape index (κ1) is 15.0. The molecule has 0 spiro atoms. The quantitative estimate of drug-likeness (QED) is 0.894. The van der Waals surface area contributed by atoms with Crippen LogP contribution in [0.5, 0.6) is 5.75 Å². The van der Waals surface area contributed by atoms with Crippen molar-refractivity contribution in [2.75, 3.05) is 23.9 Å². The Morgan fingerprint density at radius 2 is 2.35 bits per heavy atom. The van der Waals surface area contributed by atoms with Crippen LogP contribution in [0.25, 0.3) is 0 Å². The summed E-state index contributed by atoms with van der Waals surface area (Å²) in [5.41, 5.74) is 0.494. The molecule has 5 nitrogen and oxygen atoms in total. The lowest BCUT2D eigenvalue weighted by Crippen LogP contribution is -2.44. The molecule has 7 heteroatoms. The third kappa shape index (κ3) is 3.80. The highest BCUT2D eigenvalue weighted by molar-refractivity contribution is 7.99. The second-order valence-electron chi connectivity index (χ2n) is 4.28. The standard InChI is InChI=1S/C13H15ClN2O3S/c1-19-11-3-2-8(14)6-9(11)16-13(18)10-7-20-5-4-12(17)15-10/h2-3,6,10H,4-5,7H2,1H3,(H,15,17)(H,16,18). The van der Waals surface area contributed by atoms with Gasteiger partial charge in [-0.2, -0.15) is 11.8 Å². The summed E-state index contributed by atoms with van der Waals surface area (Å²) in [5.74, 6) is 1.44. The maximum Gasteiger partial charge on any atom is 0.247 e. The molecule has 1 aliphatic heterocycles. The Bertz CT molecular complexity index is 524. The Morgan fingerprint density at radius 3 is 3.10 bits per heavy atom. The molecule has 0 bridgehead atoms. The van der Waals surface area contributed by atoms with E-state index in [4.69, 9.17) is 16.3 Å². The molecule has 1 atom stereocenters. The van der Waals surface area contributed by atoms with Gasteiger partial charge in [0, 0.05) is 22.9 Å². The number of methoxy groups -OCH3 is 1. The highest BCUT2D eigenvalue weighted by Crippen LogP contribution is 2.28. The number of amides is 2. The van der Waals surface area contributed by atoms with Crippen LogP contribution in [-0.4, -0.2) is 36.5 Å². The van der Waals surface area contributed by atoms with Crippen LogP contribution in [0.4, 0.5) is 5.69 Å².